The zero-order valence-electron chi connectivity index (χ0n) is 33.3. The van der Waals surface area contributed by atoms with Crippen LogP contribution in [0, 0.1) is 6.92 Å². The molecule has 0 atom stereocenters. The molecule has 3 aliphatic rings. The summed E-state index contributed by atoms with van der Waals surface area (Å²) in [6.45, 7) is 8.06. The average Bonchev–Trinajstić information content (AvgIpc) is 3.49. The van der Waals surface area contributed by atoms with Crippen molar-refractivity contribution in [1.82, 2.24) is 0 Å². The van der Waals surface area contributed by atoms with Crippen molar-refractivity contribution in [2.45, 2.75) is 39.0 Å². The van der Waals surface area contributed by atoms with Gasteiger partial charge in [-0.15, -0.1) is 0 Å². The molecule has 8 aromatic rings. The molecule has 3 nitrogen and oxygen atoms in total. The van der Waals surface area contributed by atoms with Gasteiger partial charge >= 0.3 is 0 Å². The molecule has 0 radical (unpaired) electrons. The highest BCUT2D eigenvalue weighted by Gasteiger charge is 2.36. The van der Waals surface area contributed by atoms with Gasteiger partial charge < -0.3 is 14.7 Å². The largest absolute Gasteiger partial charge is 0.341 e. The molecule has 0 amide bonds. The fourth-order valence-electron chi connectivity index (χ4n) is 9.97. The van der Waals surface area contributed by atoms with Crippen LogP contribution in [0.5, 0.6) is 0 Å². The minimum Gasteiger partial charge on any atom is -0.341 e. The van der Waals surface area contributed by atoms with Gasteiger partial charge in [-0.1, -0.05) is 141 Å². The highest BCUT2D eigenvalue weighted by molar-refractivity contribution is 6.09. The first-order valence-electron chi connectivity index (χ1n) is 20.6. The van der Waals surface area contributed by atoms with Gasteiger partial charge in [0.05, 0.1) is 28.4 Å². The minimum atomic E-state index is -0.107. The van der Waals surface area contributed by atoms with Gasteiger partial charge in [-0.05, 0) is 124 Å². The summed E-state index contributed by atoms with van der Waals surface area (Å²) in [5.41, 5.74) is 20.2. The number of rotatable bonds is 5. The zero-order chi connectivity index (χ0) is 39.0. The van der Waals surface area contributed by atoms with Crippen molar-refractivity contribution in [2.24, 2.45) is 0 Å². The lowest BCUT2D eigenvalue weighted by molar-refractivity contribution is 0.659. The first-order valence-corrected chi connectivity index (χ1v) is 20.6. The Morgan fingerprint density at radius 2 is 1.16 bits per heavy atom. The monoisotopic (exact) mass is 747 g/mol. The number of benzene rings is 8. The summed E-state index contributed by atoms with van der Waals surface area (Å²) in [5.74, 6) is 0. The van der Waals surface area contributed by atoms with E-state index in [9.17, 15) is 0 Å². The predicted molar refractivity (Wildman–Crippen MR) is 246 cm³/mol. The van der Waals surface area contributed by atoms with Crippen molar-refractivity contribution in [2.75, 3.05) is 21.2 Å². The normalized spacial score (nSPS) is 14.9. The maximum Gasteiger partial charge on any atom is 0.0732 e. The number of nitrogens with zero attached hydrogens (tertiary/aromatic N) is 3. The van der Waals surface area contributed by atoms with Crippen LogP contribution in [0.15, 0.2) is 170 Å². The van der Waals surface area contributed by atoms with Crippen molar-refractivity contribution >= 4 is 68.4 Å². The SMILES string of the molecule is Cc1cccc2c1N(c1ccccc1)c1ccccc1N2c1cccc2c(/C=C/c3ccc4c(c3)C(C)(C)c3cc(N5CCCc6ccccc65)ccc3-4)cccc12. The molecule has 2 aliphatic heterocycles. The van der Waals surface area contributed by atoms with Crippen LogP contribution in [0.2, 0.25) is 0 Å². The lowest BCUT2D eigenvalue weighted by Gasteiger charge is -2.41. The number of anilines is 8. The lowest BCUT2D eigenvalue weighted by atomic mass is 9.81. The lowest BCUT2D eigenvalue weighted by Crippen LogP contribution is -2.25. The summed E-state index contributed by atoms with van der Waals surface area (Å²) in [6.07, 6.45) is 6.93. The smallest absolute Gasteiger partial charge is 0.0732 e. The highest BCUT2D eigenvalue weighted by Crippen LogP contribution is 2.56. The molecule has 3 heteroatoms. The Labute approximate surface area is 341 Å². The van der Waals surface area contributed by atoms with Crippen molar-refractivity contribution in [1.29, 1.82) is 0 Å². The van der Waals surface area contributed by atoms with Gasteiger partial charge in [0.2, 0.25) is 0 Å². The molecule has 0 N–H and O–H groups in total. The Balaban J connectivity index is 0.953. The molecule has 0 spiro atoms. The van der Waals surface area contributed by atoms with E-state index in [1.165, 1.54) is 95.8 Å². The van der Waals surface area contributed by atoms with E-state index in [2.05, 4.69) is 217 Å². The van der Waals surface area contributed by atoms with Crippen LogP contribution in [-0.4, -0.2) is 6.54 Å². The van der Waals surface area contributed by atoms with Crippen LogP contribution in [0.3, 0.4) is 0 Å². The third-order valence-electron chi connectivity index (χ3n) is 12.8. The van der Waals surface area contributed by atoms with Crippen molar-refractivity contribution in [3.63, 3.8) is 0 Å². The Hall–Kier alpha value is -6.84. The second kappa shape index (κ2) is 13.4. The van der Waals surface area contributed by atoms with E-state index in [0.29, 0.717) is 0 Å². The van der Waals surface area contributed by atoms with E-state index in [0.717, 1.165) is 24.3 Å². The van der Waals surface area contributed by atoms with E-state index in [4.69, 9.17) is 0 Å². The second-order valence-electron chi connectivity index (χ2n) is 16.5. The van der Waals surface area contributed by atoms with Crippen LogP contribution < -0.4 is 14.7 Å². The third-order valence-corrected chi connectivity index (χ3v) is 12.8. The molecule has 0 unspecified atom stereocenters. The molecule has 58 heavy (non-hydrogen) atoms. The summed E-state index contributed by atoms with van der Waals surface area (Å²) >= 11 is 0. The van der Waals surface area contributed by atoms with Crippen LogP contribution in [0.25, 0.3) is 34.1 Å². The first kappa shape index (κ1) is 34.4. The van der Waals surface area contributed by atoms with Crippen LogP contribution in [0.4, 0.5) is 45.5 Å². The first-order chi connectivity index (χ1) is 28.5. The number of hydrogen-bond donors (Lipinski definition) is 0. The summed E-state index contributed by atoms with van der Waals surface area (Å²) < 4.78 is 0. The molecule has 2 heterocycles. The fraction of sp³-hybridized carbons (Fsp3) is 0.127. The van der Waals surface area contributed by atoms with E-state index in [1.54, 1.807) is 0 Å². The predicted octanol–water partition coefficient (Wildman–Crippen LogP) is 15.0. The molecule has 280 valence electrons. The second-order valence-corrected chi connectivity index (χ2v) is 16.5. The Morgan fingerprint density at radius 3 is 2.00 bits per heavy atom. The summed E-state index contributed by atoms with van der Waals surface area (Å²) in [5, 5.41) is 2.45. The number of hydrogen-bond acceptors (Lipinski definition) is 3. The third kappa shape index (κ3) is 5.34. The quantitative estimate of drug-likeness (QED) is 0.162. The maximum atomic E-state index is 2.52. The Kier molecular flexibility index (Phi) is 7.94. The molecular formula is C55H45N3. The molecule has 1 aliphatic carbocycles. The van der Waals surface area contributed by atoms with Crippen molar-refractivity contribution in [3.8, 4) is 11.1 Å². The molecule has 11 rings (SSSR count). The number of para-hydroxylation sites is 5. The molecule has 0 saturated heterocycles. The summed E-state index contributed by atoms with van der Waals surface area (Å²) in [7, 11) is 0. The van der Waals surface area contributed by atoms with Crippen molar-refractivity contribution in [3.05, 3.63) is 203 Å². The molecular weight excluding hydrogens is 703 g/mol. The van der Waals surface area contributed by atoms with Gasteiger partial charge in [-0.2, -0.15) is 0 Å². The van der Waals surface area contributed by atoms with Crippen LogP contribution >= 0.6 is 0 Å². The van der Waals surface area contributed by atoms with Gasteiger partial charge in [-0.3, -0.25) is 0 Å². The Morgan fingerprint density at radius 1 is 0.500 bits per heavy atom. The van der Waals surface area contributed by atoms with Gasteiger partial charge in [0.25, 0.3) is 0 Å². The molecule has 0 saturated carbocycles. The average molecular weight is 748 g/mol. The van der Waals surface area contributed by atoms with E-state index < -0.39 is 0 Å². The molecule has 0 fully saturated rings. The van der Waals surface area contributed by atoms with Gasteiger partial charge in [-0.25, -0.2) is 0 Å². The zero-order valence-corrected chi connectivity index (χ0v) is 33.3. The van der Waals surface area contributed by atoms with E-state index in [1.807, 2.05) is 0 Å². The van der Waals surface area contributed by atoms with Gasteiger partial charge in [0, 0.05) is 34.4 Å². The Bertz CT molecular complexity index is 2940. The molecule has 0 bridgehead atoms. The van der Waals surface area contributed by atoms with Crippen LogP contribution in [-0.2, 0) is 11.8 Å². The van der Waals surface area contributed by atoms with Crippen LogP contribution in [0.1, 0.15) is 53.6 Å². The van der Waals surface area contributed by atoms with Crippen molar-refractivity contribution < 1.29 is 0 Å². The minimum absolute atomic E-state index is 0.107. The summed E-state index contributed by atoms with van der Waals surface area (Å²) in [6, 6.07) is 62.7. The molecule has 0 aromatic heterocycles. The number of fused-ring (bicyclic) bond motifs is 7. The van der Waals surface area contributed by atoms with E-state index >= 15 is 0 Å². The standard InChI is InChI=1S/C55H45N3/c1-37-15-11-27-53-54(37)57(41-19-5-4-6-20-41)51-24-9-10-25-52(51)58(53)50-26-13-21-43-39(17-12-22-46(43)50)30-28-38-29-32-44-45-33-31-42(36-48(45)55(2,3)47(44)35-38)56-34-14-18-40-16-7-8-23-49(40)56/h4-13,15-17,19-33,35-36H,14,18,34H2,1-3H3/b30-28+. The van der Waals surface area contributed by atoms with Gasteiger partial charge in [0.1, 0.15) is 0 Å². The maximum absolute atomic E-state index is 2.52. The fourth-order valence-corrected chi connectivity index (χ4v) is 9.97. The van der Waals surface area contributed by atoms with E-state index in [-0.39, 0.29) is 5.41 Å². The highest BCUT2D eigenvalue weighted by atomic mass is 15.3. The van der Waals surface area contributed by atoms with Gasteiger partial charge in [0.15, 0.2) is 0 Å². The topological polar surface area (TPSA) is 9.72 Å². The number of aryl methyl sites for hydroxylation is 2. The molecule has 8 aromatic carbocycles. The summed E-state index contributed by atoms with van der Waals surface area (Å²) in [4.78, 5) is 7.40.